The predicted molar refractivity (Wildman–Crippen MR) is 125 cm³/mol. The van der Waals surface area contributed by atoms with E-state index < -0.39 is 23.4 Å². The van der Waals surface area contributed by atoms with Gasteiger partial charge in [-0.15, -0.1) is 0 Å². The highest BCUT2D eigenvalue weighted by Crippen LogP contribution is 2.50. The molecule has 1 spiro atoms. The molecule has 0 aromatic heterocycles. The van der Waals surface area contributed by atoms with Crippen molar-refractivity contribution in [3.05, 3.63) is 105 Å². The SMILES string of the molecule is C[C@@H]1N[C@]2(C(=O)Nc3ccccc32)[C@H]([N+](=O)[O-])[C@@H]1c1ccccc1OCc1ccccc1Cl. The Morgan fingerprint density at radius 2 is 1.76 bits per heavy atom. The minimum absolute atomic E-state index is 0.225. The van der Waals surface area contributed by atoms with Crippen LogP contribution in [0.4, 0.5) is 5.69 Å². The number of benzene rings is 3. The molecule has 1 fully saturated rings. The van der Waals surface area contributed by atoms with E-state index in [1.807, 2.05) is 43.3 Å². The lowest BCUT2D eigenvalue weighted by molar-refractivity contribution is -0.532. The van der Waals surface area contributed by atoms with Crippen LogP contribution in [0, 0.1) is 10.1 Å². The van der Waals surface area contributed by atoms with Crippen LogP contribution in [0.15, 0.2) is 72.8 Å². The minimum Gasteiger partial charge on any atom is -0.489 e. The Kier molecular flexibility index (Phi) is 5.31. The number of nitrogens with one attached hydrogen (secondary N) is 2. The van der Waals surface area contributed by atoms with Crippen molar-refractivity contribution in [1.29, 1.82) is 0 Å². The van der Waals surface area contributed by atoms with Crippen LogP contribution < -0.4 is 15.4 Å². The molecule has 1 saturated heterocycles. The van der Waals surface area contributed by atoms with Crippen LogP contribution in [-0.2, 0) is 16.9 Å². The third-order valence-corrected chi connectivity index (χ3v) is 6.95. The highest BCUT2D eigenvalue weighted by molar-refractivity contribution is 6.31. The predicted octanol–water partition coefficient (Wildman–Crippen LogP) is 4.49. The molecule has 0 radical (unpaired) electrons. The molecule has 33 heavy (non-hydrogen) atoms. The summed E-state index contributed by atoms with van der Waals surface area (Å²) in [7, 11) is 0. The number of nitrogens with zero attached hydrogens (tertiary/aromatic N) is 1. The highest BCUT2D eigenvalue weighted by Gasteiger charge is 2.67. The number of rotatable bonds is 5. The van der Waals surface area contributed by atoms with Gasteiger partial charge in [-0.1, -0.05) is 66.2 Å². The first-order valence-corrected chi connectivity index (χ1v) is 11.1. The normalized spacial score (nSPS) is 25.6. The fourth-order valence-electron chi connectivity index (χ4n) is 5.18. The molecule has 0 unspecified atom stereocenters. The Hall–Kier alpha value is -3.42. The Morgan fingerprint density at radius 1 is 1.06 bits per heavy atom. The van der Waals surface area contributed by atoms with Gasteiger partial charge in [0.15, 0.2) is 5.54 Å². The summed E-state index contributed by atoms with van der Waals surface area (Å²) in [6.07, 6.45) is 0. The first-order chi connectivity index (χ1) is 15.9. The van der Waals surface area contributed by atoms with E-state index in [0.29, 0.717) is 27.6 Å². The van der Waals surface area contributed by atoms with Gasteiger partial charge in [0.25, 0.3) is 11.9 Å². The van der Waals surface area contributed by atoms with E-state index in [1.165, 1.54) is 0 Å². The molecule has 2 heterocycles. The number of hydrogen-bond donors (Lipinski definition) is 2. The summed E-state index contributed by atoms with van der Waals surface area (Å²) < 4.78 is 6.10. The second-order valence-electron chi connectivity index (χ2n) is 8.41. The molecule has 4 atom stereocenters. The molecular weight excluding hydrogens is 442 g/mol. The smallest absolute Gasteiger partial charge is 0.256 e. The molecule has 1 amide bonds. The lowest BCUT2D eigenvalue weighted by Crippen LogP contribution is -2.54. The topological polar surface area (TPSA) is 93.5 Å². The Morgan fingerprint density at radius 3 is 2.55 bits per heavy atom. The fourth-order valence-corrected chi connectivity index (χ4v) is 5.37. The Labute approximate surface area is 195 Å². The molecular formula is C25H22ClN3O4. The van der Waals surface area contributed by atoms with Crippen molar-refractivity contribution in [3.8, 4) is 5.75 Å². The summed E-state index contributed by atoms with van der Waals surface area (Å²) in [5, 5.41) is 19.2. The first-order valence-electron chi connectivity index (χ1n) is 10.7. The number of amides is 1. The van der Waals surface area contributed by atoms with Crippen LogP contribution in [-0.4, -0.2) is 22.9 Å². The lowest BCUT2D eigenvalue weighted by Gasteiger charge is -2.26. The fraction of sp³-hybridized carbons (Fsp3) is 0.240. The molecule has 5 rings (SSSR count). The summed E-state index contributed by atoms with van der Waals surface area (Å²) in [4.78, 5) is 25.4. The molecule has 7 nitrogen and oxygen atoms in total. The lowest BCUT2D eigenvalue weighted by atomic mass is 9.78. The van der Waals surface area contributed by atoms with Crippen molar-refractivity contribution in [1.82, 2.24) is 5.32 Å². The van der Waals surface area contributed by atoms with Crippen LogP contribution in [0.3, 0.4) is 0 Å². The van der Waals surface area contributed by atoms with Gasteiger partial charge in [0, 0.05) is 38.4 Å². The summed E-state index contributed by atoms with van der Waals surface area (Å²) in [5.74, 6) is -0.472. The largest absolute Gasteiger partial charge is 0.489 e. The van der Waals surface area contributed by atoms with Crippen molar-refractivity contribution in [2.75, 3.05) is 5.32 Å². The third kappa shape index (κ3) is 3.35. The van der Waals surface area contributed by atoms with Gasteiger partial charge in [0.1, 0.15) is 12.4 Å². The minimum atomic E-state index is -1.46. The van der Waals surface area contributed by atoms with E-state index >= 15 is 0 Å². The average Bonchev–Trinajstić information content (AvgIpc) is 3.27. The van der Waals surface area contributed by atoms with E-state index in [4.69, 9.17) is 16.3 Å². The zero-order valence-corrected chi connectivity index (χ0v) is 18.6. The number of hydrogen-bond acceptors (Lipinski definition) is 5. The van der Waals surface area contributed by atoms with Gasteiger partial charge in [0.2, 0.25) is 0 Å². The monoisotopic (exact) mass is 463 g/mol. The molecule has 0 aliphatic carbocycles. The van der Waals surface area contributed by atoms with Crippen molar-refractivity contribution < 1.29 is 14.5 Å². The number of carbonyl (C=O) groups is 1. The van der Waals surface area contributed by atoms with Crippen molar-refractivity contribution in [2.45, 2.75) is 37.1 Å². The molecule has 3 aromatic carbocycles. The maximum atomic E-state index is 13.2. The number of nitro groups is 1. The molecule has 168 valence electrons. The quantitative estimate of drug-likeness (QED) is 0.429. The second-order valence-corrected chi connectivity index (χ2v) is 8.82. The van der Waals surface area contributed by atoms with E-state index in [2.05, 4.69) is 10.6 Å². The standard InChI is InChI=1S/C25H22ClN3O4/c1-15-22(17-9-3-7-13-21(17)33-14-16-8-2-5-11-19(16)26)23(29(31)32)25(28-15)18-10-4-6-12-20(18)27-24(25)30/h2-13,15,22-23,28H,14H2,1H3,(H,27,30)/t15-,22-,23+,25-/m0/s1. The van der Waals surface area contributed by atoms with Crippen molar-refractivity contribution >= 4 is 23.2 Å². The summed E-state index contributed by atoms with van der Waals surface area (Å²) in [6, 6.07) is 20.2. The number of anilines is 1. The number of para-hydroxylation sites is 2. The molecule has 0 bridgehead atoms. The summed E-state index contributed by atoms with van der Waals surface area (Å²) in [5.41, 5.74) is 1.23. The average molecular weight is 464 g/mol. The third-order valence-electron chi connectivity index (χ3n) is 6.58. The zero-order chi connectivity index (χ0) is 23.2. The maximum Gasteiger partial charge on any atom is 0.256 e. The number of ether oxygens (including phenoxy) is 1. The van der Waals surface area contributed by atoms with Crippen molar-refractivity contribution in [3.63, 3.8) is 0 Å². The van der Waals surface area contributed by atoms with E-state index in [1.54, 1.807) is 36.4 Å². The summed E-state index contributed by atoms with van der Waals surface area (Å²) >= 11 is 6.27. The molecule has 2 N–H and O–H groups in total. The second kappa shape index (κ2) is 8.17. The van der Waals surface area contributed by atoms with Gasteiger partial charge in [-0.2, -0.15) is 0 Å². The Balaban J connectivity index is 1.56. The van der Waals surface area contributed by atoms with Crippen molar-refractivity contribution in [2.24, 2.45) is 0 Å². The van der Waals surface area contributed by atoms with Gasteiger partial charge >= 0.3 is 0 Å². The molecule has 2 aliphatic heterocycles. The van der Waals surface area contributed by atoms with E-state index in [0.717, 1.165) is 5.56 Å². The van der Waals surface area contributed by atoms with Crippen LogP contribution in [0.5, 0.6) is 5.75 Å². The van der Waals surface area contributed by atoms with Crippen LogP contribution >= 0.6 is 11.6 Å². The Bertz CT molecular complexity index is 1250. The highest BCUT2D eigenvalue weighted by atomic mass is 35.5. The first kappa shape index (κ1) is 21.4. The number of fused-ring (bicyclic) bond motifs is 2. The van der Waals surface area contributed by atoms with E-state index in [-0.39, 0.29) is 17.6 Å². The molecule has 2 aliphatic rings. The molecule has 0 saturated carbocycles. The van der Waals surface area contributed by atoms with Gasteiger partial charge in [-0.3, -0.25) is 20.2 Å². The van der Waals surface area contributed by atoms with E-state index in [9.17, 15) is 14.9 Å². The molecule has 8 heteroatoms. The zero-order valence-electron chi connectivity index (χ0n) is 17.8. The van der Waals surface area contributed by atoms with Gasteiger partial charge in [-0.25, -0.2) is 0 Å². The number of halogens is 1. The molecule has 3 aromatic rings. The summed E-state index contributed by atoms with van der Waals surface area (Å²) in [6.45, 7) is 2.10. The van der Waals surface area contributed by atoms with Gasteiger partial charge < -0.3 is 10.1 Å². The van der Waals surface area contributed by atoms with Gasteiger partial charge in [0.05, 0.1) is 5.92 Å². The number of carbonyl (C=O) groups excluding carboxylic acids is 1. The van der Waals surface area contributed by atoms with Crippen LogP contribution in [0.2, 0.25) is 5.02 Å². The van der Waals surface area contributed by atoms with Gasteiger partial charge in [-0.05, 0) is 25.1 Å². The van der Waals surface area contributed by atoms with Crippen LogP contribution in [0.25, 0.3) is 0 Å². The van der Waals surface area contributed by atoms with Crippen LogP contribution in [0.1, 0.15) is 29.5 Å². The maximum absolute atomic E-state index is 13.2.